The van der Waals surface area contributed by atoms with Gasteiger partial charge in [0.05, 0.1) is 18.8 Å². The number of hydrogen-bond donors (Lipinski definition) is 2. The summed E-state index contributed by atoms with van der Waals surface area (Å²) >= 11 is 1.39. The molecule has 0 unspecified atom stereocenters. The van der Waals surface area contributed by atoms with Gasteiger partial charge in [0, 0.05) is 31.6 Å². The van der Waals surface area contributed by atoms with Gasteiger partial charge in [-0.15, -0.1) is 11.3 Å². The van der Waals surface area contributed by atoms with Gasteiger partial charge in [-0.25, -0.2) is 4.98 Å². The summed E-state index contributed by atoms with van der Waals surface area (Å²) in [6.07, 6.45) is 0. The highest BCUT2D eigenvalue weighted by Crippen LogP contribution is 2.10. The third-order valence-electron chi connectivity index (χ3n) is 3.32. The van der Waals surface area contributed by atoms with Gasteiger partial charge in [0.15, 0.2) is 5.13 Å². The zero-order valence-electron chi connectivity index (χ0n) is 11.3. The Bertz CT molecular complexity index is 414. The molecule has 0 aliphatic carbocycles. The molecule has 0 aromatic carbocycles. The zero-order valence-corrected chi connectivity index (χ0v) is 12.1. The first-order valence-corrected chi connectivity index (χ1v) is 7.46. The van der Waals surface area contributed by atoms with Crippen LogP contribution in [0.4, 0.5) is 5.13 Å². The van der Waals surface area contributed by atoms with Crippen molar-refractivity contribution in [1.82, 2.24) is 20.1 Å². The van der Waals surface area contributed by atoms with Crippen LogP contribution in [0.25, 0.3) is 0 Å². The molecule has 1 aliphatic rings. The molecule has 2 rings (SSSR count). The lowest BCUT2D eigenvalue weighted by molar-refractivity contribution is -0.122. The number of aromatic nitrogens is 1. The van der Waals surface area contributed by atoms with E-state index in [0.717, 1.165) is 38.4 Å². The molecule has 0 saturated carbocycles. The quantitative estimate of drug-likeness (QED) is 0.794. The van der Waals surface area contributed by atoms with E-state index in [0.29, 0.717) is 18.2 Å². The normalized spacial score (nSPS) is 17.5. The molecule has 1 fully saturated rings. The largest absolute Gasteiger partial charge is 0.375 e. The Labute approximate surface area is 117 Å². The third kappa shape index (κ3) is 4.45. The van der Waals surface area contributed by atoms with Crippen LogP contribution in [0.2, 0.25) is 0 Å². The summed E-state index contributed by atoms with van der Waals surface area (Å²) in [5.74, 6) is 0.0523. The first-order chi connectivity index (χ1) is 9.17. The Morgan fingerprint density at radius 3 is 2.68 bits per heavy atom. The molecule has 0 radical (unpaired) electrons. The summed E-state index contributed by atoms with van der Waals surface area (Å²) in [7, 11) is 0. The van der Waals surface area contributed by atoms with Gasteiger partial charge in [-0.3, -0.25) is 9.69 Å². The van der Waals surface area contributed by atoms with Crippen LogP contribution in [0.3, 0.4) is 0 Å². The van der Waals surface area contributed by atoms with Crippen molar-refractivity contribution in [1.29, 1.82) is 0 Å². The van der Waals surface area contributed by atoms with Crippen molar-refractivity contribution in [2.75, 3.05) is 45.0 Å². The number of nitrogens with one attached hydrogen (secondary N) is 1. The standard InChI is InChI=1S/C12H21N5OS/c1-2-16-3-5-17(6-4-16)8-11(18)14-7-10-9-19-12(13)15-10/h9H,2-8H2,1H3,(H2,13,15)(H,14,18). The molecular formula is C12H21N5OS. The average Bonchev–Trinajstić information content (AvgIpc) is 2.83. The maximum absolute atomic E-state index is 11.8. The number of nitrogens with zero attached hydrogens (tertiary/aromatic N) is 3. The smallest absolute Gasteiger partial charge is 0.234 e. The molecular weight excluding hydrogens is 262 g/mol. The summed E-state index contributed by atoms with van der Waals surface area (Å²) in [5.41, 5.74) is 6.37. The van der Waals surface area contributed by atoms with Crippen molar-refractivity contribution in [2.45, 2.75) is 13.5 Å². The maximum atomic E-state index is 11.8. The minimum atomic E-state index is 0.0523. The molecule has 2 heterocycles. The lowest BCUT2D eigenvalue weighted by Crippen LogP contribution is -2.49. The average molecular weight is 283 g/mol. The van der Waals surface area contributed by atoms with Gasteiger partial charge < -0.3 is 16.0 Å². The van der Waals surface area contributed by atoms with E-state index in [1.54, 1.807) is 0 Å². The van der Waals surface area contributed by atoms with Gasteiger partial charge in [0.1, 0.15) is 0 Å². The minimum absolute atomic E-state index is 0.0523. The van der Waals surface area contributed by atoms with Crippen LogP contribution in [0, 0.1) is 0 Å². The first kappa shape index (κ1) is 14.2. The maximum Gasteiger partial charge on any atom is 0.234 e. The van der Waals surface area contributed by atoms with Crippen molar-refractivity contribution in [2.24, 2.45) is 0 Å². The number of anilines is 1. The number of rotatable bonds is 5. The van der Waals surface area contributed by atoms with E-state index >= 15 is 0 Å². The molecule has 1 saturated heterocycles. The molecule has 0 bridgehead atoms. The summed E-state index contributed by atoms with van der Waals surface area (Å²) in [6.45, 7) is 8.21. The highest BCUT2D eigenvalue weighted by molar-refractivity contribution is 7.13. The molecule has 6 nitrogen and oxygen atoms in total. The molecule has 3 N–H and O–H groups in total. The number of nitrogen functional groups attached to an aromatic ring is 1. The second-order valence-electron chi connectivity index (χ2n) is 4.66. The Morgan fingerprint density at radius 2 is 2.11 bits per heavy atom. The number of hydrogen-bond acceptors (Lipinski definition) is 6. The molecule has 1 aliphatic heterocycles. The van der Waals surface area contributed by atoms with E-state index < -0.39 is 0 Å². The van der Waals surface area contributed by atoms with E-state index in [1.165, 1.54) is 11.3 Å². The molecule has 0 atom stereocenters. The van der Waals surface area contributed by atoms with E-state index in [-0.39, 0.29) is 5.91 Å². The van der Waals surface area contributed by atoms with Gasteiger partial charge in [0.2, 0.25) is 5.91 Å². The van der Waals surface area contributed by atoms with Gasteiger partial charge in [0.25, 0.3) is 0 Å². The highest BCUT2D eigenvalue weighted by atomic mass is 32.1. The number of likely N-dealkylation sites (N-methyl/N-ethyl adjacent to an activating group) is 1. The number of amides is 1. The van der Waals surface area contributed by atoms with E-state index in [9.17, 15) is 4.79 Å². The van der Waals surface area contributed by atoms with Crippen LogP contribution in [-0.2, 0) is 11.3 Å². The van der Waals surface area contributed by atoms with E-state index in [2.05, 4.69) is 27.0 Å². The number of thiazole rings is 1. The zero-order chi connectivity index (χ0) is 13.7. The van der Waals surface area contributed by atoms with Crippen LogP contribution < -0.4 is 11.1 Å². The lowest BCUT2D eigenvalue weighted by atomic mass is 10.3. The molecule has 0 spiro atoms. The monoisotopic (exact) mass is 283 g/mol. The molecule has 1 amide bonds. The number of nitrogens with two attached hydrogens (primary N) is 1. The Morgan fingerprint density at radius 1 is 1.42 bits per heavy atom. The summed E-state index contributed by atoms with van der Waals surface area (Å²) in [6, 6.07) is 0. The minimum Gasteiger partial charge on any atom is -0.375 e. The van der Waals surface area contributed by atoms with Crippen molar-refractivity contribution in [3.63, 3.8) is 0 Å². The number of piperazine rings is 1. The van der Waals surface area contributed by atoms with Gasteiger partial charge in [-0.05, 0) is 6.54 Å². The van der Waals surface area contributed by atoms with Crippen LogP contribution in [0.1, 0.15) is 12.6 Å². The fraction of sp³-hybridized carbons (Fsp3) is 0.667. The Hall–Kier alpha value is -1.18. The predicted octanol–water partition coefficient (Wildman–Crippen LogP) is -0.0210. The molecule has 106 valence electrons. The highest BCUT2D eigenvalue weighted by Gasteiger charge is 2.17. The fourth-order valence-electron chi connectivity index (χ4n) is 2.12. The Balaban J connectivity index is 1.67. The fourth-order valence-corrected chi connectivity index (χ4v) is 2.68. The number of carbonyl (C=O) groups is 1. The summed E-state index contributed by atoms with van der Waals surface area (Å²) < 4.78 is 0. The van der Waals surface area contributed by atoms with Gasteiger partial charge >= 0.3 is 0 Å². The van der Waals surface area contributed by atoms with Crippen molar-refractivity contribution >= 4 is 22.4 Å². The van der Waals surface area contributed by atoms with Crippen molar-refractivity contribution in [3.8, 4) is 0 Å². The van der Waals surface area contributed by atoms with Crippen LogP contribution in [0.5, 0.6) is 0 Å². The van der Waals surface area contributed by atoms with Crippen LogP contribution in [-0.4, -0.2) is 60.0 Å². The van der Waals surface area contributed by atoms with Gasteiger partial charge in [-0.1, -0.05) is 6.92 Å². The molecule has 7 heteroatoms. The predicted molar refractivity (Wildman–Crippen MR) is 76.9 cm³/mol. The van der Waals surface area contributed by atoms with Crippen molar-refractivity contribution in [3.05, 3.63) is 11.1 Å². The Kier molecular flexibility index (Phi) is 5.12. The number of carbonyl (C=O) groups excluding carboxylic acids is 1. The van der Waals surface area contributed by atoms with Crippen molar-refractivity contribution < 1.29 is 4.79 Å². The summed E-state index contributed by atoms with van der Waals surface area (Å²) in [5, 5.41) is 5.29. The van der Waals surface area contributed by atoms with Gasteiger partial charge in [-0.2, -0.15) is 0 Å². The SMILES string of the molecule is CCN1CCN(CC(=O)NCc2csc(N)n2)CC1. The lowest BCUT2D eigenvalue weighted by Gasteiger charge is -2.33. The summed E-state index contributed by atoms with van der Waals surface area (Å²) in [4.78, 5) is 20.5. The topological polar surface area (TPSA) is 74.5 Å². The second kappa shape index (κ2) is 6.83. The van der Waals surface area contributed by atoms with E-state index in [4.69, 9.17) is 5.73 Å². The molecule has 1 aromatic heterocycles. The second-order valence-corrected chi connectivity index (χ2v) is 5.55. The first-order valence-electron chi connectivity index (χ1n) is 6.58. The van der Waals surface area contributed by atoms with Crippen LogP contribution in [0.15, 0.2) is 5.38 Å². The van der Waals surface area contributed by atoms with E-state index in [1.807, 2.05) is 5.38 Å². The molecule has 1 aromatic rings. The molecule has 19 heavy (non-hydrogen) atoms. The van der Waals surface area contributed by atoms with Crippen LogP contribution >= 0.6 is 11.3 Å². The third-order valence-corrected chi connectivity index (χ3v) is 4.04.